The average Bonchev–Trinajstić information content (AvgIpc) is 3.19. The number of rotatable bonds is 8. The normalized spacial score (nSPS) is 10.9. The molecule has 4 rings (SSSR count). The standard InChI is InChI=1S/C24H20Cl2N4OS/c1-2-12-30-22(27-28-24(30)32-16-17-7-4-3-5-8-17)19-9-6-13-29(23(19)31)15-18-10-11-20(25)21(26)14-18/h2-11,13-14H,1,12,15-16H2. The monoisotopic (exact) mass is 482 g/mol. The topological polar surface area (TPSA) is 52.7 Å². The Hall–Kier alpha value is -2.80. The number of hydrogen-bond donors (Lipinski definition) is 0. The lowest BCUT2D eigenvalue weighted by atomic mass is 10.2. The van der Waals surface area contributed by atoms with E-state index < -0.39 is 0 Å². The molecule has 0 aliphatic heterocycles. The van der Waals surface area contributed by atoms with Crippen molar-refractivity contribution in [2.24, 2.45) is 0 Å². The molecule has 0 aliphatic rings. The predicted octanol–water partition coefficient (Wildman–Crippen LogP) is 5.94. The lowest BCUT2D eigenvalue weighted by molar-refractivity contribution is 0.724. The number of pyridine rings is 1. The smallest absolute Gasteiger partial charge is 0.261 e. The molecule has 0 saturated heterocycles. The highest BCUT2D eigenvalue weighted by molar-refractivity contribution is 7.98. The Morgan fingerprint density at radius 2 is 1.78 bits per heavy atom. The van der Waals surface area contributed by atoms with Crippen LogP contribution >= 0.6 is 35.0 Å². The molecule has 2 heterocycles. The van der Waals surface area contributed by atoms with Crippen LogP contribution in [-0.2, 0) is 18.8 Å². The van der Waals surface area contributed by atoms with Gasteiger partial charge in [0, 0.05) is 18.5 Å². The van der Waals surface area contributed by atoms with Crippen LogP contribution in [0.15, 0.2) is 89.5 Å². The van der Waals surface area contributed by atoms with Crippen LogP contribution in [0.25, 0.3) is 11.4 Å². The Balaban J connectivity index is 1.65. The first kappa shape index (κ1) is 22.4. The summed E-state index contributed by atoms with van der Waals surface area (Å²) in [6.45, 7) is 4.72. The molecule has 2 aromatic carbocycles. The second kappa shape index (κ2) is 10.2. The van der Waals surface area contributed by atoms with Gasteiger partial charge in [0.15, 0.2) is 11.0 Å². The van der Waals surface area contributed by atoms with E-state index in [4.69, 9.17) is 23.2 Å². The van der Waals surface area contributed by atoms with E-state index in [0.29, 0.717) is 34.5 Å². The first-order valence-corrected chi connectivity index (χ1v) is 11.7. The number of benzene rings is 2. The molecule has 5 nitrogen and oxygen atoms in total. The van der Waals surface area contributed by atoms with Crippen molar-refractivity contribution >= 4 is 35.0 Å². The van der Waals surface area contributed by atoms with E-state index in [1.54, 1.807) is 46.8 Å². The van der Waals surface area contributed by atoms with Crippen LogP contribution in [0.4, 0.5) is 0 Å². The van der Waals surface area contributed by atoms with Crippen molar-refractivity contribution in [3.05, 3.63) is 111 Å². The van der Waals surface area contributed by atoms with Gasteiger partial charge in [0.05, 0.1) is 22.2 Å². The molecule has 32 heavy (non-hydrogen) atoms. The first-order valence-electron chi connectivity index (χ1n) is 9.91. The third kappa shape index (κ3) is 4.99. The Morgan fingerprint density at radius 1 is 0.969 bits per heavy atom. The molecule has 0 saturated carbocycles. The van der Waals surface area contributed by atoms with Gasteiger partial charge in [-0.3, -0.25) is 9.36 Å². The number of hydrogen-bond acceptors (Lipinski definition) is 4. The Kier molecular flexibility index (Phi) is 7.15. The van der Waals surface area contributed by atoms with E-state index in [1.807, 2.05) is 34.9 Å². The second-order valence-electron chi connectivity index (χ2n) is 7.08. The van der Waals surface area contributed by atoms with Crippen LogP contribution in [0.3, 0.4) is 0 Å². The fourth-order valence-corrected chi connectivity index (χ4v) is 4.50. The van der Waals surface area contributed by atoms with Gasteiger partial charge in [0.25, 0.3) is 5.56 Å². The molecule has 0 spiro atoms. The fourth-order valence-electron chi connectivity index (χ4n) is 3.28. The summed E-state index contributed by atoms with van der Waals surface area (Å²) in [4.78, 5) is 13.3. The maximum absolute atomic E-state index is 13.3. The molecule has 0 aliphatic carbocycles. The van der Waals surface area contributed by atoms with Gasteiger partial charge in [0.1, 0.15) is 0 Å². The average molecular weight is 483 g/mol. The predicted molar refractivity (Wildman–Crippen MR) is 131 cm³/mol. The summed E-state index contributed by atoms with van der Waals surface area (Å²) in [5, 5.41) is 10.4. The maximum atomic E-state index is 13.3. The van der Waals surface area contributed by atoms with E-state index in [9.17, 15) is 4.79 Å². The Morgan fingerprint density at radius 3 is 2.53 bits per heavy atom. The molecule has 0 atom stereocenters. The fraction of sp³-hybridized carbons (Fsp3) is 0.125. The largest absolute Gasteiger partial charge is 0.310 e. The SMILES string of the molecule is C=CCn1c(SCc2ccccc2)nnc1-c1cccn(Cc2ccc(Cl)c(Cl)c2)c1=O. The number of nitrogens with zero attached hydrogens (tertiary/aromatic N) is 4. The van der Waals surface area contributed by atoms with Crippen LogP contribution in [0.1, 0.15) is 11.1 Å². The second-order valence-corrected chi connectivity index (χ2v) is 8.84. The quantitative estimate of drug-likeness (QED) is 0.230. The minimum Gasteiger partial charge on any atom is -0.310 e. The van der Waals surface area contributed by atoms with E-state index >= 15 is 0 Å². The third-order valence-electron chi connectivity index (χ3n) is 4.84. The first-order chi connectivity index (χ1) is 15.6. The summed E-state index contributed by atoms with van der Waals surface area (Å²) in [7, 11) is 0. The Bertz CT molecular complexity index is 1300. The maximum Gasteiger partial charge on any atom is 0.261 e. The molecule has 162 valence electrons. The van der Waals surface area contributed by atoms with Crippen LogP contribution in [0.2, 0.25) is 10.0 Å². The van der Waals surface area contributed by atoms with Crippen LogP contribution < -0.4 is 5.56 Å². The van der Waals surface area contributed by atoms with Gasteiger partial charge < -0.3 is 4.57 Å². The van der Waals surface area contributed by atoms with Crippen molar-refractivity contribution in [2.75, 3.05) is 0 Å². The van der Waals surface area contributed by atoms with E-state index in [1.165, 1.54) is 5.56 Å². The molecule has 0 bridgehead atoms. The molecule has 8 heteroatoms. The molecule has 0 radical (unpaired) electrons. The molecular formula is C24H20Cl2N4OS. The lowest BCUT2D eigenvalue weighted by Gasteiger charge is -2.11. The summed E-state index contributed by atoms with van der Waals surface area (Å²) in [5.41, 5.74) is 2.39. The van der Waals surface area contributed by atoms with Crippen molar-refractivity contribution in [1.29, 1.82) is 0 Å². The lowest BCUT2D eigenvalue weighted by Crippen LogP contribution is -2.22. The highest BCUT2D eigenvalue weighted by Crippen LogP contribution is 2.26. The van der Waals surface area contributed by atoms with Gasteiger partial charge in [0.2, 0.25) is 0 Å². The number of halogens is 2. The third-order valence-corrected chi connectivity index (χ3v) is 6.61. The summed E-state index contributed by atoms with van der Waals surface area (Å²) >= 11 is 13.7. The molecular weight excluding hydrogens is 463 g/mol. The van der Waals surface area contributed by atoms with Gasteiger partial charge in [-0.1, -0.05) is 77.4 Å². The van der Waals surface area contributed by atoms with Crippen molar-refractivity contribution in [3.63, 3.8) is 0 Å². The summed E-state index contributed by atoms with van der Waals surface area (Å²) in [6.07, 6.45) is 3.52. The Labute approximate surface area is 200 Å². The van der Waals surface area contributed by atoms with Crippen molar-refractivity contribution in [1.82, 2.24) is 19.3 Å². The van der Waals surface area contributed by atoms with Gasteiger partial charge >= 0.3 is 0 Å². The molecule has 0 unspecified atom stereocenters. The minimum atomic E-state index is -0.157. The highest BCUT2D eigenvalue weighted by atomic mass is 35.5. The highest BCUT2D eigenvalue weighted by Gasteiger charge is 2.17. The van der Waals surface area contributed by atoms with E-state index in [2.05, 4.69) is 28.9 Å². The molecule has 4 aromatic rings. The number of allylic oxidation sites excluding steroid dienone is 1. The van der Waals surface area contributed by atoms with Crippen molar-refractivity contribution in [3.8, 4) is 11.4 Å². The zero-order valence-electron chi connectivity index (χ0n) is 17.1. The van der Waals surface area contributed by atoms with Gasteiger partial charge in [-0.2, -0.15) is 0 Å². The summed E-state index contributed by atoms with van der Waals surface area (Å²) in [5.74, 6) is 1.28. The van der Waals surface area contributed by atoms with Crippen LogP contribution in [0.5, 0.6) is 0 Å². The van der Waals surface area contributed by atoms with Gasteiger partial charge in [-0.15, -0.1) is 16.8 Å². The zero-order valence-corrected chi connectivity index (χ0v) is 19.4. The zero-order chi connectivity index (χ0) is 22.5. The minimum absolute atomic E-state index is 0.157. The number of aromatic nitrogens is 4. The summed E-state index contributed by atoms with van der Waals surface area (Å²) < 4.78 is 3.54. The van der Waals surface area contributed by atoms with Gasteiger partial charge in [-0.05, 0) is 35.4 Å². The van der Waals surface area contributed by atoms with Crippen molar-refractivity contribution in [2.45, 2.75) is 24.0 Å². The molecule has 0 fully saturated rings. The van der Waals surface area contributed by atoms with E-state index in [0.717, 1.165) is 16.5 Å². The molecule has 0 N–H and O–H groups in total. The number of thioether (sulfide) groups is 1. The van der Waals surface area contributed by atoms with Crippen LogP contribution in [0, 0.1) is 0 Å². The van der Waals surface area contributed by atoms with Crippen molar-refractivity contribution < 1.29 is 0 Å². The van der Waals surface area contributed by atoms with Gasteiger partial charge in [-0.25, -0.2) is 0 Å². The van der Waals surface area contributed by atoms with Crippen LogP contribution in [-0.4, -0.2) is 19.3 Å². The van der Waals surface area contributed by atoms with E-state index in [-0.39, 0.29) is 5.56 Å². The summed E-state index contributed by atoms with van der Waals surface area (Å²) in [6, 6.07) is 19.1. The molecule has 2 aromatic heterocycles. The molecule has 0 amide bonds.